The number of allylic oxidation sites excluding steroid dienone is 1. The minimum absolute atomic E-state index is 0.624. The van der Waals surface area contributed by atoms with Gasteiger partial charge in [-0.3, -0.25) is 0 Å². The van der Waals surface area contributed by atoms with Gasteiger partial charge in [0.1, 0.15) is 6.10 Å². The van der Waals surface area contributed by atoms with E-state index in [9.17, 15) is 5.11 Å². The van der Waals surface area contributed by atoms with Crippen LogP contribution in [0.2, 0.25) is 0 Å². The van der Waals surface area contributed by atoms with Crippen LogP contribution >= 0.6 is 0 Å². The Morgan fingerprint density at radius 3 is 2.80 bits per heavy atom. The Balaban J connectivity index is 2.52. The van der Waals surface area contributed by atoms with Gasteiger partial charge in [0.05, 0.1) is 12.9 Å². The summed E-state index contributed by atoms with van der Waals surface area (Å²) in [6.07, 6.45) is 2.36. The largest absolute Gasteiger partial charge is 0.501 e. The zero-order chi connectivity index (χ0) is 10.9. The predicted octanol–water partition coefficient (Wildman–Crippen LogP) is 2.27. The highest BCUT2D eigenvalue weighted by Gasteiger charge is 1.99. The molecule has 1 aromatic rings. The zero-order valence-corrected chi connectivity index (χ0v) is 8.68. The van der Waals surface area contributed by atoms with Crippen LogP contribution < -0.4 is 0 Å². The predicted molar refractivity (Wildman–Crippen MR) is 59.9 cm³/mol. The molecule has 1 N–H and O–H groups in total. The van der Waals surface area contributed by atoms with E-state index in [2.05, 4.69) is 11.8 Å². The van der Waals surface area contributed by atoms with Crippen molar-refractivity contribution in [3.63, 3.8) is 0 Å². The molecule has 0 aliphatic carbocycles. The molecule has 0 amide bonds. The monoisotopic (exact) mass is 202 g/mol. The van der Waals surface area contributed by atoms with Crippen molar-refractivity contribution >= 4 is 0 Å². The van der Waals surface area contributed by atoms with E-state index in [0.717, 1.165) is 5.56 Å². The first-order valence-electron chi connectivity index (χ1n) is 4.85. The summed E-state index contributed by atoms with van der Waals surface area (Å²) in [5.41, 5.74) is 0.801. The van der Waals surface area contributed by atoms with Gasteiger partial charge in [-0.1, -0.05) is 42.2 Å². The van der Waals surface area contributed by atoms with Gasteiger partial charge in [0.25, 0.3) is 0 Å². The maximum Gasteiger partial charge on any atom is 0.140 e. The Bertz CT molecular complexity index is 357. The van der Waals surface area contributed by atoms with E-state index in [1.54, 1.807) is 6.08 Å². The molecule has 1 atom stereocenters. The third kappa shape index (κ3) is 4.35. The Morgan fingerprint density at radius 1 is 1.40 bits per heavy atom. The lowest BCUT2D eigenvalue weighted by Crippen LogP contribution is -1.91. The second-order valence-corrected chi connectivity index (χ2v) is 2.86. The molecule has 1 unspecified atom stereocenters. The Labute approximate surface area is 90.2 Å². The van der Waals surface area contributed by atoms with E-state index in [1.807, 2.05) is 37.3 Å². The third-order valence-electron chi connectivity index (χ3n) is 1.75. The van der Waals surface area contributed by atoms with Crippen molar-refractivity contribution in [3.05, 3.63) is 48.2 Å². The number of ether oxygens (including phenoxy) is 1. The second kappa shape index (κ2) is 6.69. The molecule has 0 saturated heterocycles. The number of aliphatic hydroxyl groups is 1. The maximum atomic E-state index is 9.63. The Morgan fingerprint density at radius 2 is 2.13 bits per heavy atom. The van der Waals surface area contributed by atoms with Crippen LogP contribution in [0, 0.1) is 11.8 Å². The van der Waals surface area contributed by atoms with Crippen LogP contribution in [0.5, 0.6) is 0 Å². The van der Waals surface area contributed by atoms with Crippen molar-refractivity contribution in [2.45, 2.75) is 13.0 Å². The highest BCUT2D eigenvalue weighted by molar-refractivity contribution is 5.27. The summed E-state index contributed by atoms with van der Waals surface area (Å²) in [4.78, 5) is 0. The van der Waals surface area contributed by atoms with Crippen molar-refractivity contribution in [1.82, 2.24) is 0 Å². The number of rotatable bonds is 3. The average molecular weight is 202 g/mol. The van der Waals surface area contributed by atoms with Crippen LogP contribution in [0.4, 0.5) is 0 Å². The van der Waals surface area contributed by atoms with Crippen molar-refractivity contribution in [1.29, 1.82) is 0 Å². The van der Waals surface area contributed by atoms with Gasteiger partial charge in [0, 0.05) is 6.08 Å². The van der Waals surface area contributed by atoms with E-state index in [-0.39, 0.29) is 0 Å². The van der Waals surface area contributed by atoms with Crippen LogP contribution in [-0.4, -0.2) is 11.7 Å². The van der Waals surface area contributed by atoms with E-state index >= 15 is 0 Å². The van der Waals surface area contributed by atoms with Crippen LogP contribution in [0.25, 0.3) is 0 Å². The highest BCUT2D eigenvalue weighted by Crippen LogP contribution is 2.09. The van der Waals surface area contributed by atoms with Gasteiger partial charge in [0.2, 0.25) is 0 Å². The molecule has 2 nitrogen and oxygen atoms in total. The van der Waals surface area contributed by atoms with E-state index in [4.69, 9.17) is 4.74 Å². The standard InChI is InChI=1S/C13H14O2/c1-2-15-11-7-6-10-13(14)12-8-4-3-5-9-12/h3-5,7-9,11,13-14H,2H2,1H3/b11-7+. The van der Waals surface area contributed by atoms with Gasteiger partial charge >= 0.3 is 0 Å². The molecule has 0 aromatic heterocycles. The van der Waals surface area contributed by atoms with Gasteiger partial charge in [-0.05, 0) is 12.5 Å². The zero-order valence-electron chi connectivity index (χ0n) is 8.68. The van der Waals surface area contributed by atoms with Gasteiger partial charge in [-0.25, -0.2) is 0 Å². The van der Waals surface area contributed by atoms with Gasteiger partial charge in [0.15, 0.2) is 0 Å². The summed E-state index contributed by atoms with van der Waals surface area (Å²) < 4.78 is 4.96. The molecule has 0 aliphatic heterocycles. The number of hydrogen-bond donors (Lipinski definition) is 1. The van der Waals surface area contributed by atoms with Crippen LogP contribution in [0.3, 0.4) is 0 Å². The second-order valence-electron chi connectivity index (χ2n) is 2.86. The summed E-state index contributed by atoms with van der Waals surface area (Å²) in [7, 11) is 0. The summed E-state index contributed by atoms with van der Waals surface area (Å²) in [5, 5.41) is 9.63. The van der Waals surface area contributed by atoms with Crippen LogP contribution in [0.15, 0.2) is 42.7 Å². The quantitative estimate of drug-likeness (QED) is 0.602. The van der Waals surface area contributed by atoms with Crippen LogP contribution in [0.1, 0.15) is 18.6 Å². The molecule has 1 aromatic carbocycles. The van der Waals surface area contributed by atoms with E-state index < -0.39 is 6.10 Å². The smallest absolute Gasteiger partial charge is 0.140 e. The Hall–Kier alpha value is -1.72. The molecule has 1 rings (SSSR count). The lowest BCUT2D eigenvalue weighted by molar-refractivity contribution is 0.238. The van der Waals surface area contributed by atoms with Crippen molar-refractivity contribution in [2.24, 2.45) is 0 Å². The fourth-order valence-electron chi connectivity index (χ4n) is 1.02. The maximum absolute atomic E-state index is 9.63. The van der Waals surface area contributed by atoms with Gasteiger partial charge < -0.3 is 9.84 Å². The number of benzene rings is 1. The molecule has 78 valence electrons. The lowest BCUT2D eigenvalue weighted by Gasteiger charge is -2.01. The van der Waals surface area contributed by atoms with E-state index in [1.165, 1.54) is 6.26 Å². The molecule has 0 spiro atoms. The molecule has 2 heteroatoms. The fraction of sp³-hybridized carbons (Fsp3) is 0.231. The summed E-state index contributed by atoms with van der Waals surface area (Å²) >= 11 is 0. The first-order chi connectivity index (χ1) is 7.34. The summed E-state index contributed by atoms with van der Waals surface area (Å²) in [5.74, 6) is 5.41. The van der Waals surface area contributed by atoms with E-state index in [0.29, 0.717) is 6.61 Å². The highest BCUT2D eigenvalue weighted by atomic mass is 16.5. The summed E-state index contributed by atoms with van der Waals surface area (Å²) in [6, 6.07) is 9.32. The SMILES string of the molecule is CCO/C=C/C#CC(O)c1ccccc1. The number of hydrogen-bond acceptors (Lipinski definition) is 2. The molecular weight excluding hydrogens is 188 g/mol. The lowest BCUT2D eigenvalue weighted by atomic mass is 10.1. The van der Waals surface area contributed by atoms with Crippen molar-refractivity contribution in [3.8, 4) is 11.8 Å². The first-order valence-corrected chi connectivity index (χ1v) is 4.85. The van der Waals surface area contributed by atoms with Crippen molar-refractivity contribution in [2.75, 3.05) is 6.61 Å². The normalized spacial score (nSPS) is 11.9. The molecule has 0 aliphatic rings. The molecule has 0 saturated carbocycles. The molecule has 0 bridgehead atoms. The minimum Gasteiger partial charge on any atom is -0.501 e. The third-order valence-corrected chi connectivity index (χ3v) is 1.75. The van der Waals surface area contributed by atoms with Crippen molar-refractivity contribution < 1.29 is 9.84 Å². The summed E-state index contributed by atoms with van der Waals surface area (Å²) in [6.45, 7) is 2.52. The fourth-order valence-corrected chi connectivity index (χ4v) is 1.02. The van der Waals surface area contributed by atoms with Crippen LogP contribution in [-0.2, 0) is 4.74 Å². The Kier molecular flexibility index (Phi) is 5.07. The van der Waals surface area contributed by atoms with Gasteiger partial charge in [-0.2, -0.15) is 0 Å². The molecule has 0 radical (unpaired) electrons. The van der Waals surface area contributed by atoms with Gasteiger partial charge in [-0.15, -0.1) is 0 Å². The first kappa shape index (κ1) is 11.4. The molecule has 0 heterocycles. The average Bonchev–Trinajstić information content (AvgIpc) is 2.30. The molecular formula is C13H14O2. The molecule has 15 heavy (non-hydrogen) atoms. The molecule has 0 fully saturated rings. The number of aliphatic hydroxyl groups excluding tert-OH is 1. The topological polar surface area (TPSA) is 29.5 Å². The minimum atomic E-state index is -0.738.